The maximum absolute atomic E-state index is 5.60. The highest BCUT2D eigenvalue weighted by molar-refractivity contribution is 9.10. The van der Waals surface area contributed by atoms with Gasteiger partial charge in [0.25, 0.3) is 0 Å². The van der Waals surface area contributed by atoms with Gasteiger partial charge in [0.05, 0.1) is 6.61 Å². The first-order chi connectivity index (χ1) is 8.27. The van der Waals surface area contributed by atoms with E-state index in [1.165, 1.54) is 19.3 Å². The van der Waals surface area contributed by atoms with Gasteiger partial charge in [-0.2, -0.15) is 0 Å². The lowest BCUT2D eigenvalue weighted by Crippen LogP contribution is -1.93. The molecule has 1 aromatic carbocycles. The fourth-order valence-electron chi connectivity index (χ4n) is 1.66. The van der Waals surface area contributed by atoms with Gasteiger partial charge in [0.2, 0.25) is 0 Å². The molecule has 0 aliphatic heterocycles. The van der Waals surface area contributed by atoms with Gasteiger partial charge in [0.1, 0.15) is 5.75 Å². The molecule has 0 saturated carbocycles. The van der Waals surface area contributed by atoms with E-state index in [9.17, 15) is 0 Å². The van der Waals surface area contributed by atoms with Crippen molar-refractivity contribution in [1.82, 2.24) is 0 Å². The van der Waals surface area contributed by atoms with E-state index in [2.05, 4.69) is 41.1 Å². The van der Waals surface area contributed by atoms with Crippen molar-refractivity contribution < 1.29 is 4.74 Å². The highest BCUT2D eigenvalue weighted by Gasteiger charge is 2.00. The van der Waals surface area contributed by atoms with Gasteiger partial charge in [-0.25, -0.2) is 0 Å². The standard InChI is InChI=1S/C15H21BrO/c1-3-5-6-7-8-9-13-12-14(16)10-11-15(13)17-4-2/h8-12H,3-7H2,1-2H3/b9-8+. The fourth-order valence-corrected chi connectivity index (χ4v) is 2.04. The predicted molar refractivity (Wildman–Crippen MR) is 78.5 cm³/mol. The number of unbranched alkanes of at least 4 members (excludes halogenated alkanes) is 3. The molecule has 0 aromatic heterocycles. The van der Waals surface area contributed by atoms with E-state index in [-0.39, 0.29) is 0 Å². The molecule has 0 aliphatic rings. The molecule has 0 heterocycles. The van der Waals surface area contributed by atoms with E-state index in [0.717, 1.165) is 22.2 Å². The van der Waals surface area contributed by atoms with Crippen molar-refractivity contribution in [3.05, 3.63) is 34.3 Å². The van der Waals surface area contributed by atoms with Gasteiger partial charge < -0.3 is 4.74 Å². The molecule has 0 unspecified atom stereocenters. The zero-order valence-corrected chi connectivity index (χ0v) is 12.3. The average Bonchev–Trinajstić information content (AvgIpc) is 2.32. The maximum atomic E-state index is 5.60. The summed E-state index contributed by atoms with van der Waals surface area (Å²) in [5.74, 6) is 0.961. The Morgan fingerprint density at radius 3 is 2.76 bits per heavy atom. The van der Waals surface area contributed by atoms with E-state index in [1.807, 2.05) is 19.1 Å². The minimum Gasteiger partial charge on any atom is -0.493 e. The molecule has 0 fully saturated rings. The number of allylic oxidation sites excluding steroid dienone is 1. The van der Waals surface area contributed by atoms with Gasteiger partial charge in [0.15, 0.2) is 0 Å². The second kappa shape index (κ2) is 8.35. The van der Waals surface area contributed by atoms with Crippen LogP contribution >= 0.6 is 15.9 Å². The molecule has 1 aromatic rings. The lowest BCUT2D eigenvalue weighted by molar-refractivity contribution is 0.339. The van der Waals surface area contributed by atoms with Gasteiger partial charge in [-0.15, -0.1) is 0 Å². The molecule has 0 aliphatic carbocycles. The van der Waals surface area contributed by atoms with Crippen molar-refractivity contribution in [1.29, 1.82) is 0 Å². The molecule has 0 bridgehead atoms. The van der Waals surface area contributed by atoms with Crippen LogP contribution in [0.4, 0.5) is 0 Å². The first-order valence-electron chi connectivity index (χ1n) is 6.36. The van der Waals surface area contributed by atoms with Gasteiger partial charge >= 0.3 is 0 Å². The van der Waals surface area contributed by atoms with Gasteiger partial charge in [0, 0.05) is 10.0 Å². The normalized spacial score (nSPS) is 11.0. The minimum absolute atomic E-state index is 0.707. The molecule has 0 amide bonds. The van der Waals surface area contributed by atoms with Crippen LogP contribution in [-0.2, 0) is 0 Å². The third-order valence-electron chi connectivity index (χ3n) is 2.54. The van der Waals surface area contributed by atoms with E-state index in [1.54, 1.807) is 0 Å². The molecule has 0 atom stereocenters. The van der Waals surface area contributed by atoms with E-state index >= 15 is 0 Å². The highest BCUT2D eigenvalue weighted by Crippen LogP contribution is 2.24. The van der Waals surface area contributed by atoms with E-state index < -0.39 is 0 Å². The number of halogens is 1. The van der Waals surface area contributed by atoms with E-state index in [0.29, 0.717) is 6.61 Å². The number of hydrogen-bond acceptors (Lipinski definition) is 1. The molecule has 94 valence electrons. The van der Waals surface area contributed by atoms with Crippen LogP contribution < -0.4 is 4.74 Å². The number of ether oxygens (including phenoxy) is 1. The van der Waals surface area contributed by atoms with Crippen LogP contribution in [0.1, 0.15) is 45.1 Å². The van der Waals surface area contributed by atoms with Crippen molar-refractivity contribution in [2.45, 2.75) is 39.5 Å². The Kier molecular flexibility index (Phi) is 7.02. The van der Waals surface area contributed by atoms with Gasteiger partial charge in [-0.05, 0) is 38.0 Å². The summed E-state index contributed by atoms with van der Waals surface area (Å²) in [5, 5.41) is 0. The van der Waals surface area contributed by atoms with Crippen LogP contribution in [0.5, 0.6) is 5.75 Å². The monoisotopic (exact) mass is 296 g/mol. The third-order valence-corrected chi connectivity index (χ3v) is 3.04. The molecule has 0 radical (unpaired) electrons. The molecular formula is C15H21BrO. The molecule has 2 heteroatoms. The molecule has 0 saturated heterocycles. The molecule has 0 N–H and O–H groups in total. The largest absolute Gasteiger partial charge is 0.493 e. The molecule has 1 rings (SSSR count). The SMILES string of the molecule is CCCCC/C=C/c1cc(Br)ccc1OCC. The summed E-state index contributed by atoms with van der Waals surface area (Å²) < 4.78 is 6.69. The van der Waals surface area contributed by atoms with Crippen LogP contribution in [0.3, 0.4) is 0 Å². The smallest absolute Gasteiger partial charge is 0.126 e. The molecule has 0 spiro atoms. The fraction of sp³-hybridized carbons (Fsp3) is 0.467. The van der Waals surface area contributed by atoms with Crippen molar-refractivity contribution in [2.24, 2.45) is 0 Å². The summed E-state index contributed by atoms with van der Waals surface area (Å²) >= 11 is 3.49. The third kappa shape index (κ3) is 5.40. The maximum Gasteiger partial charge on any atom is 0.126 e. The van der Waals surface area contributed by atoms with Crippen LogP contribution in [-0.4, -0.2) is 6.61 Å². The molecule has 17 heavy (non-hydrogen) atoms. The first-order valence-corrected chi connectivity index (χ1v) is 7.16. The Balaban J connectivity index is 2.63. The van der Waals surface area contributed by atoms with Crippen molar-refractivity contribution in [2.75, 3.05) is 6.61 Å². The summed E-state index contributed by atoms with van der Waals surface area (Å²) in [6.45, 7) is 4.94. The Morgan fingerprint density at radius 1 is 1.24 bits per heavy atom. The lowest BCUT2D eigenvalue weighted by atomic mass is 10.1. The number of rotatable bonds is 7. The Hall–Kier alpha value is -0.760. The Labute approximate surface area is 113 Å². The van der Waals surface area contributed by atoms with Crippen LogP contribution in [0.15, 0.2) is 28.7 Å². The van der Waals surface area contributed by atoms with Crippen LogP contribution in [0.25, 0.3) is 6.08 Å². The highest BCUT2D eigenvalue weighted by atomic mass is 79.9. The Bertz CT molecular complexity index is 358. The second-order valence-electron chi connectivity index (χ2n) is 4.01. The Morgan fingerprint density at radius 2 is 2.06 bits per heavy atom. The van der Waals surface area contributed by atoms with Gasteiger partial charge in [-0.1, -0.05) is 47.8 Å². The minimum atomic E-state index is 0.707. The summed E-state index contributed by atoms with van der Waals surface area (Å²) in [6, 6.07) is 6.13. The second-order valence-corrected chi connectivity index (χ2v) is 4.93. The summed E-state index contributed by atoms with van der Waals surface area (Å²) in [7, 11) is 0. The van der Waals surface area contributed by atoms with Gasteiger partial charge in [-0.3, -0.25) is 0 Å². The van der Waals surface area contributed by atoms with Crippen molar-refractivity contribution in [3.63, 3.8) is 0 Å². The zero-order valence-electron chi connectivity index (χ0n) is 10.7. The zero-order chi connectivity index (χ0) is 12.5. The van der Waals surface area contributed by atoms with Crippen LogP contribution in [0, 0.1) is 0 Å². The molecule has 1 nitrogen and oxygen atoms in total. The molecular weight excluding hydrogens is 276 g/mol. The summed E-state index contributed by atoms with van der Waals surface area (Å²) in [4.78, 5) is 0. The van der Waals surface area contributed by atoms with Crippen molar-refractivity contribution >= 4 is 22.0 Å². The topological polar surface area (TPSA) is 9.23 Å². The average molecular weight is 297 g/mol. The van der Waals surface area contributed by atoms with Crippen LogP contribution in [0.2, 0.25) is 0 Å². The summed E-state index contributed by atoms with van der Waals surface area (Å²) in [6.07, 6.45) is 9.39. The number of hydrogen-bond donors (Lipinski definition) is 0. The quantitative estimate of drug-likeness (QED) is 0.609. The summed E-state index contributed by atoms with van der Waals surface area (Å²) in [5.41, 5.74) is 1.15. The number of benzene rings is 1. The first kappa shape index (κ1) is 14.3. The predicted octanol–water partition coefficient (Wildman–Crippen LogP) is 5.44. The van der Waals surface area contributed by atoms with E-state index in [4.69, 9.17) is 4.74 Å². The van der Waals surface area contributed by atoms with Crippen molar-refractivity contribution in [3.8, 4) is 5.75 Å². The lowest BCUT2D eigenvalue weighted by Gasteiger charge is -2.07.